The highest BCUT2D eigenvalue weighted by Crippen LogP contribution is 2.23. The fraction of sp³-hybridized carbons (Fsp3) is 0.0476. The van der Waals surface area contributed by atoms with Crippen molar-refractivity contribution in [3.8, 4) is 11.4 Å². The molecule has 1 N–H and O–H groups in total. The van der Waals surface area contributed by atoms with Gasteiger partial charge < -0.3 is 0 Å². The van der Waals surface area contributed by atoms with E-state index in [0.29, 0.717) is 21.3 Å². The van der Waals surface area contributed by atoms with E-state index in [1.54, 1.807) is 10.8 Å². The summed E-state index contributed by atoms with van der Waals surface area (Å²) < 4.78 is 3.13. The Labute approximate surface area is 160 Å². The smallest absolute Gasteiger partial charge is 0.279 e. The van der Waals surface area contributed by atoms with E-state index in [1.165, 1.54) is 4.68 Å². The van der Waals surface area contributed by atoms with E-state index in [-0.39, 0.29) is 5.56 Å². The van der Waals surface area contributed by atoms with E-state index in [4.69, 9.17) is 11.6 Å². The fourth-order valence-corrected chi connectivity index (χ4v) is 3.29. The minimum Gasteiger partial charge on any atom is -0.291 e. The third-order valence-electron chi connectivity index (χ3n) is 4.36. The Kier molecular flexibility index (Phi) is 4.30. The summed E-state index contributed by atoms with van der Waals surface area (Å²) in [7, 11) is 0. The predicted octanol–water partition coefficient (Wildman–Crippen LogP) is 2.55. The van der Waals surface area contributed by atoms with Crippen LogP contribution in [0.3, 0.4) is 0 Å². The van der Waals surface area contributed by atoms with E-state index >= 15 is 0 Å². The number of nitrogens with one attached hydrogen (secondary N) is 1. The van der Waals surface area contributed by atoms with E-state index in [1.807, 2.05) is 67.6 Å². The maximum absolute atomic E-state index is 12.9. The normalized spacial score (nSPS) is 11.9. The van der Waals surface area contributed by atoms with Gasteiger partial charge in [-0.2, -0.15) is 5.10 Å². The molecule has 5 nitrogen and oxygen atoms in total. The predicted molar refractivity (Wildman–Crippen MR) is 108 cm³/mol. The van der Waals surface area contributed by atoms with Crippen LogP contribution in [0.5, 0.6) is 0 Å². The van der Waals surface area contributed by atoms with Gasteiger partial charge in [0.05, 0.1) is 27.6 Å². The molecule has 4 aromatic rings. The van der Waals surface area contributed by atoms with Gasteiger partial charge in [-0.1, -0.05) is 54.6 Å². The second-order valence-electron chi connectivity index (χ2n) is 6.16. The van der Waals surface area contributed by atoms with Crippen LogP contribution in [0.4, 0.5) is 0 Å². The molecule has 0 aliphatic rings. The van der Waals surface area contributed by atoms with Crippen LogP contribution < -0.4 is 16.1 Å². The quantitative estimate of drug-likeness (QED) is 0.597. The van der Waals surface area contributed by atoms with Crippen LogP contribution >= 0.6 is 11.6 Å². The minimum atomic E-state index is -0.186. The van der Waals surface area contributed by atoms with Gasteiger partial charge in [0.15, 0.2) is 0 Å². The third-order valence-corrected chi connectivity index (χ3v) is 4.72. The summed E-state index contributed by atoms with van der Waals surface area (Å²) >= 11 is 6.57. The number of hydrogen-bond acceptors (Lipinski definition) is 2. The van der Waals surface area contributed by atoms with Gasteiger partial charge in [0.1, 0.15) is 5.15 Å². The largest absolute Gasteiger partial charge is 0.291 e. The lowest BCUT2D eigenvalue weighted by Gasteiger charge is -2.01. The van der Waals surface area contributed by atoms with E-state index < -0.39 is 0 Å². The van der Waals surface area contributed by atoms with Gasteiger partial charge in [-0.05, 0) is 37.3 Å². The van der Waals surface area contributed by atoms with Crippen molar-refractivity contribution in [3.63, 3.8) is 0 Å². The average Bonchev–Trinajstić information content (AvgIpc) is 3.14. The third kappa shape index (κ3) is 3.02. The Morgan fingerprint density at radius 2 is 1.63 bits per heavy atom. The van der Waals surface area contributed by atoms with Gasteiger partial charge in [0.25, 0.3) is 5.56 Å². The second kappa shape index (κ2) is 6.78. The van der Waals surface area contributed by atoms with Crippen molar-refractivity contribution < 1.29 is 0 Å². The van der Waals surface area contributed by atoms with E-state index in [2.05, 4.69) is 16.8 Å². The van der Waals surface area contributed by atoms with Crippen LogP contribution in [0.1, 0.15) is 11.3 Å². The van der Waals surface area contributed by atoms with Crippen LogP contribution in [0.15, 0.2) is 65.5 Å². The van der Waals surface area contributed by atoms with Crippen molar-refractivity contribution in [3.05, 3.63) is 98.0 Å². The molecule has 27 heavy (non-hydrogen) atoms. The first-order valence-electron chi connectivity index (χ1n) is 8.44. The van der Waals surface area contributed by atoms with Gasteiger partial charge in [0.2, 0.25) is 0 Å². The standard InChI is InChI=1S/C21H17ClN4O/c1-14-18(20(22)25(23-14)16-9-5-3-6-10-16)13-19-15(2)24-26(21(19)27)17-11-7-4-8-12-17/h3-13,24H,2H2,1H3. The van der Waals surface area contributed by atoms with Gasteiger partial charge in [-0.15, -0.1) is 0 Å². The number of para-hydroxylation sites is 2. The summed E-state index contributed by atoms with van der Waals surface area (Å²) in [6.45, 7) is 5.83. The van der Waals surface area contributed by atoms with Gasteiger partial charge in [-0.25, -0.2) is 9.36 Å². The van der Waals surface area contributed by atoms with Gasteiger partial charge in [0, 0.05) is 5.56 Å². The molecule has 0 fully saturated rings. The molecule has 2 aromatic carbocycles. The number of nitrogens with zero attached hydrogens (tertiary/aromatic N) is 3. The van der Waals surface area contributed by atoms with Crippen molar-refractivity contribution >= 4 is 24.3 Å². The highest BCUT2D eigenvalue weighted by atomic mass is 35.5. The molecule has 2 heterocycles. The Hall–Kier alpha value is -3.31. The number of aromatic nitrogens is 4. The maximum Gasteiger partial charge on any atom is 0.279 e. The number of halogens is 1. The van der Waals surface area contributed by atoms with Crippen molar-refractivity contribution in [2.45, 2.75) is 6.92 Å². The number of benzene rings is 2. The molecule has 0 spiro atoms. The molecule has 0 saturated carbocycles. The summed E-state index contributed by atoms with van der Waals surface area (Å²) in [5.41, 5.74) is 2.84. The van der Waals surface area contributed by atoms with E-state index in [0.717, 1.165) is 17.1 Å². The molecule has 4 rings (SSSR count). The molecular formula is C21H17ClN4O. The van der Waals surface area contributed by atoms with Crippen LogP contribution in [0, 0.1) is 6.92 Å². The van der Waals surface area contributed by atoms with Crippen molar-refractivity contribution in [1.29, 1.82) is 0 Å². The summed E-state index contributed by atoms with van der Waals surface area (Å²) in [5, 5.41) is 8.96. The molecule has 0 aliphatic carbocycles. The molecule has 0 saturated heterocycles. The molecule has 0 amide bonds. The van der Waals surface area contributed by atoms with Crippen molar-refractivity contribution in [2.24, 2.45) is 0 Å². The van der Waals surface area contributed by atoms with Crippen molar-refractivity contribution in [2.75, 3.05) is 0 Å². The monoisotopic (exact) mass is 376 g/mol. The number of aromatic amines is 1. The lowest BCUT2D eigenvalue weighted by Crippen LogP contribution is -2.34. The number of aryl methyl sites for hydroxylation is 1. The maximum atomic E-state index is 12.9. The number of hydrogen-bond donors (Lipinski definition) is 1. The van der Waals surface area contributed by atoms with Crippen LogP contribution in [-0.4, -0.2) is 19.6 Å². The number of H-pyrrole nitrogens is 1. The Balaban J connectivity index is 1.89. The average molecular weight is 377 g/mol. The lowest BCUT2D eigenvalue weighted by molar-refractivity contribution is 0.838. The zero-order valence-corrected chi connectivity index (χ0v) is 15.4. The molecule has 2 aromatic heterocycles. The SMILES string of the molecule is C=c1[nH]n(-c2ccccc2)c(=O)c1=Cc1c(C)nn(-c2ccccc2)c1Cl. The summed E-state index contributed by atoms with van der Waals surface area (Å²) in [6, 6.07) is 19.0. The zero-order chi connectivity index (χ0) is 19.0. The topological polar surface area (TPSA) is 55.6 Å². The van der Waals surface area contributed by atoms with Crippen molar-refractivity contribution in [1.82, 2.24) is 19.6 Å². The first kappa shape index (κ1) is 17.1. The molecule has 0 bridgehead atoms. The molecule has 134 valence electrons. The molecular weight excluding hydrogens is 360 g/mol. The van der Waals surface area contributed by atoms with Gasteiger partial charge >= 0.3 is 0 Å². The lowest BCUT2D eigenvalue weighted by atomic mass is 10.2. The first-order valence-corrected chi connectivity index (χ1v) is 8.81. The zero-order valence-electron chi connectivity index (χ0n) is 14.7. The summed E-state index contributed by atoms with van der Waals surface area (Å²) in [5.74, 6) is 0. The number of rotatable bonds is 3. The minimum absolute atomic E-state index is 0.186. The highest BCUT2D eigenvalue weighted by molar-refractivity contribution is 6.31. The molecule has 0 atom stereocenters. The van der Waals surface area contributed by atoms with E-state index in [9.17, 15) is 4.79 Å². The van der Waals surface area contributed by atoms with Crippen LogP contribution in [-0.2, 0) is 0 Å². The second-order valence-corrected chi connectivity index (χ2v) is 6.52. The first-order chi connectivity index (χ1) is 13.1. The van der Waals surface area contributed by atoms with Gasteiger partial charge in [-0.3, -0.25) is 9.89 Å². The van der Waals surface area contributed by atoms with Crippen LogP contribution in [0.2, 0.25) is 5.15 Å². The Morgan fingerprint density at radius 3 is 2.26 bits per heavy atom. The highest BCUT2D eigenvalue weighted by Gasteiger charge is 2.14. The fourth-order valence-electron chi connectivity index (χ4n) is 2.96. The molecule has 0 unspecified atom stereocenters. The molecule has 0 aliphatic heterocycles. The summed E-state index contributed by atoms with van der Waals surface area (Å²) in [4.78, 5) is 12.9. The Bertz CT molecular complexity index is 1270. The molecule has 0 radical (unpaired) electrons. The molecule has 6 heteroatoms. The summed E-state index contributed by atoms with van der Waals surface area (Å²) in [6.07, 6.45) is 1.74. The van der Waals surface area contributed by atoms with Crippen LogP contribution in [0.25, 0.3) is 24.0 Å². The Morgan fingerprint density at radius 1 is 1.04 bits per heavy atom.